The molecule has 0 radical (unpaired) electrons. The van der Waals surface area contributed by atoms with Crippen molar-refractivity contribution in [3.8, 4) is 11.1 Å². The van der Waals surface area contributed by atoms with Crippen LogP contribution < -0.4 is 5.32 Å². The molecular formula is C18H17N3O. The van der Waals surface area contributed by atoms with Crippen LogP contribution >= 0.6 is 0 Å². The molecule has 0 saturated heterocycles. The lowest BCUT2D eigenvalue weighted by Gasteiger charge is -2.12. The van der Waals surface area contributed by atoms with Gasteiger partial charge in [0.25, 0.3) is 0 Å². The van der Waals surface area contributed by atoms with Crippen molar-refractivity contribution in [1.29, 1.82) is 0 Å². The summed E-state index contributed by atoms with van der Waals surface area (Å²) in [7, 11) is 0. The summed E-state index contributed by atoms with van der Waals surface area (Å²) in [6.07, 6.45) is 3.67. The van der Waals surface area contributed by atoms with Crippen molar-refractivity contribution in [2.24, 2.45) is 0 Å². The third-order valence-corrected chi connectivity index (χ3v) is 3.53. The second kappa shape index (κ2) is 6.26. The standard InChI is InChI=1S/C18H17N3O/c1-14(18(22)20-17-10-6-3-7-11-17)21-13-16(12-19-21)15-8-4-2-5-9-15/h2-14H,1H3,(H,20,22)/t14-/m0/s1. The van der Waals surface area contributed by atoms with Crippen molar-refractivity contribution in [3.05, 3.63) is 73.1 Å². The van der Waals surface area contributed by atoms with Crippen LogP contribution in [0.5, 0.6) is 0 Å². The van der Waals surface area contributed by atoms with Crippen molar-refractivity contribution in [3.63, 3.8) is 0 Å². The maximum Gasteiger partial charge on any atom is 0.248 e. The molecule has 2 aromatic carbocycles. The minimum atomic E-state index is -0.377. The second-order valence-corrected chi connectivity index (χ2v) is 5.11. The van der Waals surface area contributed by atoms with E-state index in [1.807, 2.05) is 73.8 Å². The number of amides is 1. The average Bonchev–Trinajstić information content (AvgIpc) is 3.06. The highest BCUT2D eigenvalue weighted by Gasteiger charge is 2.16. The average molecular weight is 291 g/mol. The first-order chi connectivity index (χ1) is 10.7. The molecule has 0 aliphatic rings. The molecule has 0 unspecified atom stereocenters. The van der Waals surface area contributed by atoms with Crippen LogP contribution in [0.4, 0.5) is 5.69 Å². The Bertz CT molecular complexity index is 750. The summed E-state index contributed by atoms with van der Waals surface area (Å²) in [5.74, 6) is -0.0890. The number of carbonyl (C=O) groups is 1. The van der Waals surface area contributed by atoms with Gasteiger partial charge in [0.05, 0.1) is 6.20 Å². The van der Waals surface area contributed by atoms with E-state index in [-0.39, 0.29) is 11.9 Å². The fourth-order valence-corrected chi connectivity index (χ4v) is 2.22. The van der Waals surface area contributed by atoms with Crippen LogP contribution in [0.25, 0.3) is 11.1 Å². The van der Waals surface area contributed by atoms with Crippen LogP contribution in [0.3, 0.4) is 0 Å². The Hall–Kier alpha value is -2.88. The van der Waals surface area contributed by atoms with Crippen LogP contribution in [0.2, 0.25) is 0 Å². The Morgan fingerprint density at radius 2 is 1.64 bits per heavy atom. The van der Waals surface area contributed by atoms with Gasteiger partial charge in [-0.1, -0.05) is 48.5 Å². The molecule has 1 N–H and O–H groups in total. The van der Waals surface area contributed by atoms with E-state index in [1.54, 1.807) is 10.9 Å². The molecule has 1 heterocycles. The highest BCUT2D eigenvalue weighted by molar-refractivity contribution is 5.93. The molecular weight excluding hydrogens is 274 g/mol. The summed E-state index contributed by atoms with van der Waals surface area (Å²) < 4.78 is 1.68. The lowest BCUT2D eigenvalue weighted by Crippen LogP contribution is -2.23. The van der Waals surface area contributed by atoms with E-state index in [4.69, 9.17) is 0 Å². The van der Waals surface area contributed by atoms with E-state index in [1.165, 1.54) is 0 Å². The van der Waals surface area contributed by atoms with E-state index in [0.717, 1.165) is 16.8 Å². The third-order valence-electron chi connectivity index (χ3n) is 3.53. The Kier molecular flexibility index (Phi) is 4.01. The van der Waals surface area contributed by atoms with E-state index < -0.39 is 0 Å². The van der Waals surface area contributed by atoms with E-state index in [9.17, 15) is 4.79 Å². The number of hydrogen-bond donors (Lipinski definition) is 1. The van der Waals surface area contributed by atoms with Crippen LogP contribution in [-0.2, 0) is 4.79 Å². The van der Waals surface area contributed by atoms with Gasteiger partial charge in [-0.15, -0.1) is 0 Å². The molecule has 0 bridgehead atoms. The van der Waals surface area contributed by atoms with Crippen LogP contribution in [-0.4, -0.2) is 15.7 Å². The fourth-order valence-electron chi connectivity index (χ4n) is 2.22. The van der Waals surface area contributed by atoms with E-state index >= 15 is 0 Å². The Labute approximate surface area is 129 Å². The zero-order valence-corrected chi connectivity index (χ0v) is 12.3. The Morgan fingerprint density at radius 3 is 2.32 bits per heavy atom. The molecule has 0 spiro atoms. The molecule has 4 nitrogen and oxygen atoms in total. The number of nitrogens with one attached hydrogen (secondary N) is 1. The SMILES string of the molecule is C[C@@H](C(=O)Nc1ccccc1)n1cc(-c2ccccc2)cn1. The summed E-state index contributed by atoms with van der Waals surface area (Å²) in [5, 5.41) is 7.20. The summed E-state index contributed by atoms with van der Waals surface area (Å²) in [5.41, 5.74) is 2.87. The summed E-state index contributed by atoms with van der Waals surface area (Å²) in [6, 6.07) is 19.0. The van der Waals surface area contributed by atoms with Gasteiger partial charge in [0.15, 0.2) is 0 Å². The van der Waals surface area contributed by atoms with Gasteiger partial charge < -0.3 is 5.32 Å². The highest BCUT2D eigenvalue weighted by Crippen LogP contribution is 2.20. The van der Waals surface area contributed by atoms with Crippen LogP contribution in [0, 0.1) is 0 Å². The molecule has 0 saturated carbocycles. The topological polar surface area (TPSA) is 46.9 Å². The normalized spacial score (nSPS) is 11.9. The first kappa shape index (κ1) is 14.1. The molecule has 0 aliphatic heterocycles. The van der Waals surface area contributed by atoms with Gasteiger partial charge in [0.1, 0.15) is 6.04 Å². The number of nitrogens with zero attached hydrogens (tertiary/aromatic N) is 2. The van der Waals surface area contributed by atoms with E-state index in [2.05, 4.69) is 10.4 Å². The minimum Gasteiger partial charge on any atom is -0.324 e. The predicted molar refractivity (Wildman–Crippen MR) is 87.4 cm³/mol. The molecule has 110 valence electrons. The predicted octanol–water partition coefficient (Wildman–Crippen LogP) is 3.75. The zero-order valence-electron chi connectivity index (χ0n) is 12.3. The molecule has 1 atom stereocenters. The van der Waals surface area contributed by atoms with Crippen LogP contribution in [0.15, 0.2) is 73.1 Å². The maximum absolute atomic E-state index is 12.3. The number of benzene rings is 2. The van der Waals surface area contributed by atoms with Gasteiger partial charge in [-0.3, -0.25) is 9.48 Å². The molecule has 1 amide bonds. The first-order valence-electron chi connectivity index (χ1n) is 7.19. The lowest BCUT2D eigenvalue weighted by molar-refractivity contribution is -0.119. The number of aromatic nitrogens is 2. The van der Waals surface area contributed by atoms with Gasteiger partial charge in [0.2, 0.25) is 5.91 Å². The largest absolute Gasteiger partial charge is 0.324 e. The summed E-state index contributed by atoms with van der Waals surface area (Å²) in [6.45, 7) is 1.83. The number of rotatable bonds is 4. The Morgan fingerprint density at radius 1 is 1.00 bits per heavy atom. The smallest absolute Gasteiger partial charge is 0.248 e. The van der Waals surface area contributed by atoms with Crippen LogP contribution in [0.1, 0.15) is 13.0 Å². The monoisotopic (exact) mass is 291 g/mol. The van der Waals surface area contributed by atoms with Gasteiger partial charge in [-0.25, -0.2) is 0 Å². The number of para-hydroxylation sites is 1. The van der Waals surface area contributed by atoms with Crippen molar-refractivity contribution in [2.45, 2.75) is 13.0 Å². The molecule has 3 rings (SSSR count). The summed E-state index contributed by atoms with van der Waals surface area (Å²) in [4.78, 5) is 12.3. The maximum atomic E-state index is 12.3. The van der Waals surface area contributed by atoms with Crippen molar-refractivity contribution >= 4 is 11.6 Å². The quantitative estimate of drug-likeness (QED) is 0.795. The molecule has 0 aliphatic carbocycles. The number of anilines is 1. The highest BCUT2D eigenvalue weighted by atomic mass is 16.2. The fraction of sp³-hybridized carbons (Fsp3) is 0.111. The van der Waals surface area contributed by atoms with Crippen molar-refractivity contribution < 1.29 is 4.79 Å². The van der Waals surface area contributed by atoms with Crippen molar-refractivity contribution in [1.82, 2.24) is 9.78 Å². The van der Waals surface area contributed by atoms with Crippen molar-refractivity contribution in [2.75, 3.05) is 5.32 Å². The van der Waals surface area contributed by atoms with E-state index in [0.29, 0.717) is 0 Å². The zero-order chi connectivity index (χ0) is 15.4. The molecule has 1 aromatic heterocycles. The van der Waals surface area contributed by atoms with Gasteiger partial charge in [-0.2, -0.15) is 5.10 Å². The van der Waals surface area contributed by atoms with Gasteiger partial charge >= 0.3 is 0 Å². The minimum absolute atomic E-state index is 0.0890. The van der Waals surface area contributed by atoms with Gasteiger partial charge in [-0.05, 0) is 24.6 Å². The molecule has 4 heteroatoms. The second-order valence-electron chi connectivity index (χ2n) is 5.11. The molecule has 22 heavy (non-hydrogen) atoms. The first-order valence-corrected chi connectivity index (χ1v) is 7.19. The van der Waals surface area contributed by atoms with Gasteiger partial charge in [0, 0.05) is 17.4 Å². The number of hydrogen-bond acceptors (Lipinski definition) is 2. The molecule has 0 fully saturated rings. The third kappa shape index (κ3) is 3.06. The lowest BCUT2D eigenvalue weighted by atomic mass is 10.1. The molecule has 3 aromatic rings. The number of carbonyl (C=O) groups excluding carboxylic acids is 1. The summed E-state index contributed by atoms with van der Waals surface area (Å²) >= 11 is 0. The Balaban J connectivity index is 1.74.